The van der Waals surface area contributed by atoms with Gasteiger partial charge in [-0.05, 0) is 24.0 Å². The molecule has 0 spiro atoms. The van der Waals surface area contributed by atoms with Gasteiger partial charge in [0.2, 0.25) is 0 Å². The zero-order chi connectivity index (χ0) is 10.1. The number of fused-ring (bicyclic) bond motifs is 1. The van der Waals surface area contributed by atoms with E-state index in [-0.39, 0.29) is 5.82 Å². The Hall–Kier alpha value is -1.55. The van der Waals surface area contributed by atoms with Gasteiger partial charge >= 0.3 is 5.82 Å². The quantitative estimate of drug-likeness (QED) is 0.402. The topological polar surface area (TPSA) is 39.8 Å². The SMILES string of the molecule is Cc1c2ccccc2nc(C=S)[n+]1[O-]. The number of nitrogens with zero attached hydrogens (tertiary/aromatic N) is 2. The first-order chi connectivity index (χ1) is 6.74. The molecule has 70 valence electrons. The van der Waals surface area contributed by atoms with E-state index in [1.165, 1.54) is 5.37 Å². The summed E-state index contributed by atoms with van der Waals surface area (Å²) in [4.78, 5) is 4.14. The largest absolute Gasteiger partial charge is 0.710 e. The zero-order valence-electron chi connectivity index (χ0n) is 7.60. The van der Waals surface area contributed by atoms with Crippen LogP contribution in [0, 0.1) is 12.1 Å². The summed E-state index contributed by atoms with van der Waals surface area (Å²) in [5, 5.41) is 13.7. The van der Waals surface area contributed by atoms with Crippen molar-refractivity contribution in [3.8, 4) is 0 Å². The minimum Gasteiger partial charge on any atom is -0.710 e. The molecule has 2 rings (SSSR count). The molecule has 2 aromatic rings. The molecule has 0 amide bonds. The molecule has 0 fully saturated rings. The number of benzene rings is 1. The maximum atomic E-state index is 11.6. The van der Waals surface area contributed by atoms with E-state index in [0.29, 0.717) is 5.69 Å². The smallest absolute Gasteiger partial charge is 0.337 e. The lowest BCUT2D eigenvalue weighted by Crippen LogP contribution is -2.36. The fourth-order valence-corrected chi connectivity index (χ4v) is 1.55. The summed E-state index contributed by atoms with van der Waals surface area (Å²) in [6.07, 6.45) is 0. The second kappa shape index (κ2) is 3.31. The minimum absolute atomic E-state index is 0.274. The first kappa shape index (κ1) is 9.02. The predicted octanol–water partition coefficient (Wildman–Crippen LogP) is 1.52. The standard InChI is InChI=1S/C10H8N2OS/c1-7-8-4-2-3-5-9(8)11-10(6-14)12(7)13/h2-6H,1H3. The summed E-state index contributed by atoms with van der Waals surface area (Å²) >= 11 is 4.72. The van der Waals surface area contributed by atoms with Crippen molar-refractivity contribution in [2.24, 2.45) is 0 Å². The summed E-state index contributed by atoms with van der Waals surface area (Å²) < 4.78 is 0.759. The zero-order valence-corrected chi connectivity index (χ0v) is 8.41. The van der Waals surface area contributed by atoms with Crippen LogP contribution in [0.4, 0.5) is 0 Å². The molecule has 1 aromatic carbocycles. The van der Waals surface area contributed by atoms with Crippen LogP contribution in [0.2, 0.25) is 0 Å². The van der Waals surface area contributed by atoms with Crippen LogP contribution in [0.5, 0.6) is 0 Å². The number of para-hydroxylation sites is 1. The highest BCUT2D eigenvalue weighted by Gasteiger charge is 2.11. The van der Waals surface area contributed by atoms with Crippen molar-refractivity contribution in [1.82, 2.24) is 4.98 Å². The normalized spacial score (nSPS) is 10.4. The van der Waals surface area contributed by atoms with Crippen molar-refractivity contribution in [2.45, 2.75) is 6.92 Å². The van der Waals surface area contributed by atoms with E-state index in [9.17, 15) is 5.21 Å². The van der Waals surface area contributed by atoms with E-state index < -0.39 is 0 Å². The predicted molar refractivity (Wildman–Crippen MR) is 58.2 cm³/mol. The number of aromatic nitrogens is 2. The molecular weight excluding hydrogens is 196 g/mol. The van der Waals surface area contributed by atoms with Crippen LogP contribution in [0.3, 0.4) is 0 Å². The van der Waals surface area contributed by atoms with E-state index in [2.05, 4.69) is 4.98 Å². The van der Waals surface area contributed by atoms with E-state index in [1.54, 1.807) is 6.92 Å². The highest BCUT2D eigenvalue weighted by atomic mass is 32.1. The third kappa shape index (κ3) is 1.24. The van der Waals surface area contributed by atoms with Crippen LogP contribution in [-0.4, -0.2) is 10.4 Å². The maximum Gasteiger partial charge on any atom is 0.337 e. The van der Waals surface area contributed by atoms with Crippen molar-refractivity contribution in [2.75, 3.05) is 0 Å². The Labute approximate surface area is 86.6 Å². The third-order valence-electron chi connectivity index (χ3n) is 2.15. The van der Waals surface area contributed by atoms with Crippen molar-refractivity contribution in [3.63, 3.8) is 0 Å². The second-order valence-corrected chi connectivity index (χ2v) is 3.22. The number of thiocarbonyl (C=S) groups is 1. The van der Waals surface area contributed by atoms with Gasteiger partial charge < -0.3 is 5.21 Å². The van der Waals surface area contributed by atoms with Gasteiger partial charge in [0.25, 0.3) is 0 Å². The van der Waals surface area contributed by atoms with Crippen LogP contribution >= 0.6 is 12.2 Å². The molecule has 4 heteroatoms. The Kier molecular flexibility index (Phi) is 2.13. The summed E-state index contributed by atoms with van der Waals surface area (Å²) in [7, 11) is 0. The molecule has 0 saturated carbocycles. The summed E-state index contributed by atoms with van der Waals surface area (Å²) in [5.74, 6) is 0.274. The van der Waals surface area contributed by atoms with E-state index in [0.717, 1.165) is 15.6 Å². The number of aryl methyl sites for hydroxylation is 1. The van der Waals surface area contributed by atoms with Crippen LogP contribution in [0.25, 0.3) is 10.9 Å². The Morgan fingerprint density at radius 3 is 2.86 bits per heavy atom. The van der Waals surface area contributed by atoms with Gasteiger partial charge in [-0.25, -0.2) is 4.73 Å². The molecule has 1 heterocycles. The first-order valence-electron chi connectivity index (χ1n) is 4.18. The Morgan fingerprint density at radius 2 is 2.14 bits per heavy atom. The summed E-state index contributed by atoms with van der Waals surface area (Å²) in [6, 6.07) is 7.51. The van der Waals surface area contributed by atoms with Gasteiger partial charge in [-0.2, -0.15) is 0 Å². The lowest BCUT2D eigenvalue weighted by molar-refractivity contribution is -0.614. The van der Waals surface area contributed by atoms with E-state index >= 15 is 0 Å². The fraction of sp³-hybridized carbons (Fsp3) is 0.100. The highest BCUT2D eigenvalue weighted by Crippen LogP contribution is 2.12. The van der Waals surface area contributed by atoms with Crippen molar-refractivity contribution in [3.05, 3.63) is 41.0 Å². The van der Waals surface area contributed by atoms with Gasteiger partial charge in [0.15, 0.2) is 5.52 Å². The molecule has 1 aromatic heterocycles. The maximum absolute atomic E-state index is 11.6. The number of hydrogen-bond acceptors (Lipinski definition) is 3. The average molecular weight is 204 g/mol. The molecule has 0 saturated heterocycles. The molecule has 0 bridgehead atoms. The molecule has 0 aliphatic carbocycles. The van der Waals surface area contributed by atoms with Gasteiger partial charge in [0.05, 0.1) is 10.8 Å². The van der Waals surface area contributed by atoms with Gasteiger partial charge in [-0.1, -0.05) is 24.4 Å². The van der Waals surface area contributed by atoms with Gasteiger partial charge in [-0.3, -0.25) is 0 Å². The highest BCUT2D eigenvalue weighted by molar-refractivity contribution is 7.79. The number of rotatable bonds is 1. The Balaban J connectivity index is 2.91. The van der Waals surface area contributed by atoms with E-state index in [4.69, 9.17) is 12.2 Å². The molecule has 0 unspecified atom stereocenters. The summed E-state index contributed by atoms with van der Waals surface area (Å²) in [5.41, 5.74) is 1.43. The third-order valence-corrected chi connectivity index (χ3v) is 2.36. The molecule has 0 aliphatic rings. The van der Waals surface area contributed by atoms with Crippen LogP contribution in [-0.2, 0) is 0 Å². The molecule has 14 heavy (non-hydrogen) atoms. The van der Waals surface area contributed by atoms with Crippen LogP contribution in [0.15, 0.2) is 24.3 Å². The number of hydrogen-bond donors (Lipinski definition) is 0. The Morgan fingerprint density at radius 1 is 1.43 bits per heavy atom. The Bertz CT molecular complexity index is 511. The van der Waals surface area contributed by atoms with E-state index in [1.807, 2.05) is 24.3 Å². The monoisotopic (exact) mass is 204 g/mol. The average Bonchev–Trinajstić information content (AvgIpc) is 2.23. The second-order valence-electron chi connectivity index (χ2n) is 2.98. The molecular formula is C10H8N2OS. The molecule has 0 atom stereocenters. The lowest BCUT2D eigenvalue weighted by Gasteiger charge is -2.08. The van der Waals surface area contributed by atoms with Crippen molar-refractivity contribution < 1.29 is 4.73 Å². The van der Waals surface area contributed by atoms with Gasteiger partial charge in [0.1, 0.15) is 5.69 Å². The molecule has 0 aliphatic heterocycles. The lowest BCUT2D eigenvalue weighted by atomic mass is 10.2. The first-order valence-corrected chi connectivity index (χ1v) is 4.65. The molecule has 0 radical (unpaired) electrons. The van der Waals surface area contributed by atoms with Crippen molar-refractivity contribution >= 4 is 28.5 Å². The van der Waals surface area contributed by atoms with Crippen molar-refractivity contribution in [1.29, 1.82) is 0 Å². The molecule has 3 nitrogen and oxygen atoms in total. The minimum atomic E-state index is 0.274. The van der Waals surface area contributed by atoms with Crippen LogP contribution in [0.1, 0.15) is 11.5 Å². The fourth-order valence-electron chi connectivity index (χ4n) is 1.40. The summed E-state index contributed by atoms with van der Waals surface area (Å²) in [6.45, 7) is 1.76. The van der Waals surface area contributed by atoms with Gasteiger partial charge in [-0.15, -0.1) is 0 Å². The molecule has 0 N–H and O–H groups in total. The van der Waals surface area contributed by atoms with Gasteiger partial charge in [0, 0.05) is 0 Å². The van der Waals surface area contributed by atoms with Crippen LogP contribution < -0.4 is 4.73 Å².